The van der Waals surface area contributed by atoms with Crippen LogP contribution in [-0.4, -0.2) is 73.1 Å². The molecule has 0 heterocycles. The second-order valence-electron chi connectivity index (χ2n) is 7.83. The number of carbonyl (C=O) groups is 4. The molecule has 0 saturated heterocycles. The number of aliphatic carboxylic acids is 2. The first-order valence-corrected chi connectivity index (χ1v) is 16.4. The number of hydrogen-bond donors (Lipinski definition) is 0. The summed E-state index contributed by atoms with van der Waals surface area (Å²) in [7, 11) is 2.80. The molecule has 10 nitrogen and oxygen atoms in total. The molecule has 0 aromatic heterocycles. The second kappa shape index (κ2) is 22.7. The third kappa shape index (κ3) is 17.0. The van der Waals surface area contributed by atoms with Gasteiger partial charge in [-0.25, -0.2) is 0 Å². The van der Waals surface area contributed by atoms with Crippen LogP contribution < -0.4 is 29.2 Å². The summed E-state index contributed by atoms with van der Waals surface area (Å²) in [6, 6.07) is 8.84. The van der Waals surface area contributed by atoms with Gasteiger partial charge in [0.25, 0.3) is 0 Å². The Labute approximate surface area is 239 Å². The van der Waals surface area contributed by atoms with Crippen LogP contribution in [0.5, 0.6) is 23.0 Å². The molecule has 0 radical (unpaired) electrons. The van der Waals surface area contributed by atoms with E-state index in [1.54, 1.807) is 8.87 Å². The van der Waals surface area contributed by atoms with Crippen LogP contribution in [0.2, 0.25) is 8.87 Å². The largest absolute Gasteiger partial charge is 0.546 e. The van der Waals surface area contributed by atoms with Crippen LogP contribution in [0.4, 0.5) is 0 Å². The van der Waals surface area contributed by atoms with Gasteiger partial charge in [-0.15, -0.1) is 0 Å². The molecule has 0 saturated carbocycles. The van der Waals surface area contributed by atoms with E-state index in [9.17, 15) is 29.4 Å². The van der Waals surface area contributed by atoms with E-state index in [1.807, 2.05) is 0 Å². The van der Waals surface area contributed by atoms with Gasteiger partial charge in [-0.3, -0.25) is 9.59 Å². The number of carboxylic acid groups (broad SMARTS) is 2. The van der Waals surface area contributed by atoms with Crippen molar-refractivity contribution < 1.29 is 48.3 Å². The van der Waals surface area contributed by atoms with Crippen molar-refractivity contribution in [1.29, 1.82) is 0 Å². The minimum Gasteiger partial charge on any atom is -0.546 e. The standard InChI is InChI=1S/2C10H10O5.2C4H9.Sn/c2*1-14-9-4-7(5-11)2-3-8(9)15-6-10(12)13;2*1-3-4-2;/h2*2-5H,6H2,1H3,(H,12,13);2*1,3-4H2,2H3;/q;;;;+2/p-2. The molecule has 0 unspecified atom stereocenters. The predicted molar refractivity (Wildman–Crippen MR) is 143 cm³/mol. The fraction of sp³-hybridized carbons (Fsp3) is 0.429. The maximum Gasteiger partial charge on any atom is 0.161 e. The molecule has 0 bridgehead atoms. The molecule has 11 heteroatoms. The van der Waals surface area contributed by atoms with Crippen molar-refractivity contribution in [2.75, 3.05) is 27.4 Å². The van der Waals surface area contributed by atoms with E-state index in [1.165, 1.54) is 76.3 Å². The van der Waals surface area contributed by atoms with Crippen LogP contribution in [0.15, 0.2) is 36.4 Å². The first-order valence-electron chi connectivity index (χ1n) is 12.4. The summed E-state index contributed by atoms with van der Waals surface area (Å²) in [6.07, 6.45) is 7.15. The molecule has 0 aliphatic rings. The molecule has 39 heavy (non-hydrogen) atoms. The molecule has 0 amide bonds. The van der Waals surface area contributed by atoms with Crippen LogP contribution in [0.25, 0.3) is 0 Å². The van der Waals surface area contributed by atoms with E-state index < -0.39 is 25.2 Å². The van der Waals surface area contributed by atoms with Crippen molar-refractivity contribution in [1.82, 2.24) is 0 Å². The number of unbranched alkanes of at least 4 members (excludes halogenated alkanes) is 2. The van der Waals surface area contributed by atoms with Gasteiger partial charge in [-0.05, 0) is 36.4 Å². The van der Waals surface area contributed by atoms with E-state index in [0.29, 0.717) is 35.2 Å². The minimum atomic E-state index is -1.32. The SMILES string of the molecule is CCC[CH2][Sn+2][CH2]CCC.COc1cc(C=O)ccc1OCC(=O)[O-].COc1cc(C=O)ccc1OCC(=O)[O-]. The Bertz CT molecular complexity index is 930. The summed E-state index contributed by atoms with van der Waals surface area (Å²) < 4.78 is 22.9. The van der Waals surface area contributed by atoms with Gasteiger partial charge in [-0.1, -0.05) is 0 Å². The first kappa shape index (κ1) is 35.7. The third-order valence-electron chi connectivity index (χ3n) is 4.75. The Morgan fingerprint density at radius 1 is 0.718 bits per heavy atom. The Balaban J connectivity index is 0.000000576. The molecule has 0 aliphatic heterocycles. The van der Waals surface area contributed by atoms with Gasteiger partial charge < -0.3 is 38.7 Å². The summed E-state index contributed by atoms with van der Waals surface area (Å²) in [4.78, 5) is 41.2. The van der Waals surface area contributed by atoms with E-state index in [2.05, 4.69) is 13.8 Å². The van der Waals surface area contributed by atoms with Gasteiger partial charge in [0.05, 0.1) is 26.2 Å². The molecule has 2 aromatic carbocycles. The zero-order chi connectivity index (χ0) is 29.5. The topological polar surface area (TPSA) is 151 Å². The molecule has 0 fully saturated rings. The number of rotatable bonds is 16. The zero-order valence-electron chi connectivity index (χ0n) is 22.9. The average molecular weight is 651 g/mol. The molecule has 0 atom stereocenters. The van der Waals surface area contributed by atoms with E-state index in [0.717, 1.165) is 0 Å². The van der Waals surface area contributed by atoms with Gasteiger partial charge in [0, 0.05) is 11.1 Å². The molecule has 212 valence electrons. The van der Waals surface area contributed by atoms with E-state index >= 15 is 0 Å². The maximum atomic E-state index is 10.5. The predicted octanol–water partition coefficient (Wildman–Crippen LogP) is 2.40. The molecule has 0 N–H and O–H groups in total. The smallest absolute Gasteiger partial charge is 0.161 e. The Hall–Kier alpha value is -3.28. The van der Waals surface area contributed by atoms with Crippen LogP contribution in [0, 0.1) is 0 Å². The van der Waals surface area contributed by atoms with Gasteiger partial charge in [-0.2, -0.15) is 0 Å². The summed E-state index contributed by atoms with van der Waals surface area (Å²) in [5.41, 5.74) is 0.848. The fourth-order valence-corrected chi connectivity index (χ4v) is 6.91. The third-order valence-corrected chi connectivity index (χ3v) is 8.79. The number of carbonyl (C=O) groups excluding carboxylic acids is 4. The number of hydrogen-bond acceptors (Lipinski definition) is 10. The summed E-state index contributed by atoms with van der Waals surface area (Å²) >= 11 is 0.149. The van der Waals surface area contributed by atoms with Crippen LogP contribution in [0.3, 0.4) is 0 Å². The Kier molecular flexibility index (Phi) is 20.8. The molecular weight excluding hydrogens is 615 g/mol. The van der Waals surface area contributed by atoms with Crippen molar-refractivity contribution in [2.45, 2.75) is 48.4 Å². The summed E-state index contributed by atoms with van der Waals surface area (Å²) in [6.45, 7) is 3.46. The minimum absolute atomic E-state index is 0.149. The monoisotopic (exact) mass is 652 g/mol. The van der Waals surface area contributed by atoms with Crippen molar-refractivity contribution in [3.63, 3.8) is 0 Å². The fourth-order valence-electron chi connectivity index (χ4n) is 2.76. The van der Waals surface area contributed by atoms with E-state index in [4.69, 9.17) is 18.9 Å². The van der Waals surface area contributed by atoms with Gasteiger partial charge in [0.2, 0.25) is 0 Å². The Morgan fingerprint density at radius 3 is 1.38 bits per heavy atom. The number of aldehydes is 2. The summed E-state index contributed by atoms with van der Waals surface area (Å²) in [5.74, 6) is -1.52. The quantitative estimate of drug-likeness (QED) is 0.150. The van der Waals surface area contributed by atoms with Crippen LogP contribution in [0.1, 0.15) is 60.2 Å². The molecular formula is C28H36O10Sn. The first-order chi connectivity index (χ1) is 18.8. The molecule has 0 spiro atoms. The van der Waals surface area contributed by atoms with Crippen LogP contribution >= 0.6 is 0 Å². The molecule has 2 rings (SSSR count). The number of carboxylic acids is 2. The average Bonchev–Trinajstić information content (AvgIpc) is 2.95. The van der Waals surface area contributed by atoms with E-state index in [-0.39, 0.29) is 32.6 Å². The normalized spacial score (nSPS) is 9.33. The zero-order valence-corrected chi connectivity index (χ0v) is 25.7. The van der Waals surface area contributed by atoms with Crippen molar-refractivity contribution >= 4 is 45.7 Å². The maximum absolute atomic E-state index is 10.5. The summed E-state index contributed by atoms with van der Waals surface area (Å²) in [5, 5.41) is 20.3. The van der Waals surface area contributed by atoms with Gasteiger partial charge >= 0.3 is 69.5 Å². The number of benzene rings is 2. The van der Waals surface area contributed by atoms with Crippen molar-refractivity contribution in [2.24, 2.45) is 0 Å². The molecule has 0 aliphatic carbocycles. The second-order valence-corrected chi connectivity index (χ2v) is 12.1. The number of ether oxygens (including phenoxy) is 4. The molecule has 2 aromatic rings. The van der Waals surface area contributed by atoms with Crippen LogP contribution in [-0.2, 0) is 9.59 Å². The van der Waals surface area contributed by atoms with Gasteiger partial charge in [0.15, 0.2) is 23.0 Å². The van der Waals surface area contributed by atoms with Gasteiger partial charge in [0.1, 0.15) is 25.8 Å². The Morgan fingerprint density at radius 2 is 1.10 bits per heavy atom. The number of methoxy groups -OCH3 is 2. The van der Waals surface area contributed by atoms with Crippen molar-refractivity contribution in [3.8, 4) is 23.0 Å². The van der Waals surface area contributed by atoms with Crippen molar-refractivity contribution in [3.05, 3.63) is 47.5 Å².